The van der Waals surface area contributed by atoms with Gasteiger partial charge in [-0.15, -0.1) is 0 Å². The fraction of sp³-hybridized carbons (Fsp3) is 0.176. The highest BCUT2D eigenvalue weighted by Crippen LogP contribution is 2.28. The van der Waals surface area contributed by atoms with Crippen LogP contribution in [0.4, 0.5) is 8.78 Å². The molecule has 5 heteroatoms. The van der Waals surface area contributed by atoms with Gasteiger partial charge >= 0.3 is 6.61 Å². The van der Waals surface area contributed by atoms with Crippen LogP contribution in [0.15, 0.2) is 36.5 Å². The van der Waals surface area contributed by atoms with Crippen molar-refractivity contribution in [3.8, 4) is 11.8 Å². The summed E-state index contributed by atoms with van der Waals surface area (Å²) < 4.78 is 29.3. The molecule has 1 aromatic carbocycles. The van der Waals surface area contributed by atoms with Gasteiger partial charge in [-0.3, -0.25) is 4.98 Å². The third-order valence-corrected chi connectivity index (χ3v) is 3.06. The summed E-state index contributed by atoms with van der Waals surface area (Å²) in [6.07, 6.45) is 3.28. The van der Waals surface area contributed by atoms with E-state index in [0.29, 0.717) is 22.4 Å². The van der Waals surface area contributed by atoms with Gasteiger partial charge in [-0.2, -0.15) is 14.0 Å². The Morgan fingerprint density at radius 2 is 1.95 bits per heavy atom. The molecule has 0 N–H and O–H groups in total. The first-order valence-corrected chi connectivity index (χ1v) is 6.60. The second-order valence-corrected chi connectivity index (χ2v) is 4.75. The Morgan fingerprint density at radius 1 is 1.27 bits per heavy atom. The maximum Gasteiger partial charge on any atom is 0.387 e. The maximum atomic E-state index is 12.4. The van der Waals surface area contributed by atoms with Crippen molar-refractivity contribution in [3.63, 3.8) is 0 Å². The van der Waals surface area contributed by atoms with Crippen molar-refractivity contribution in [2.45, 2.75) is 20.5 Å². The van der Waals surface area contributed by atoms with Crippen molar-refractivity contribution in [2.24, 2.45) is 0 Å². The molecule has 2 rings (SSSR count). The summed E-state index contributed by atoms with van der Waals surface area (Å²) in [5.41, 5.74) is 2.88. The number of allylic oxidation sites excluding steroid dienone is 1. The number of hydrogen-bond acceptors (Lipinski definition) is 3. The van der Waals surface area contributed by atoms with Crippen molar-refractivity contribution < 1.29 is 13.5 Å². The lowest BCUT2D eigenvalue weighted by molar-refractivity contribution is -0.0507. The minimum Gasteiger partial charge on any atom is -0.434 e. The van der Waals surface area contributed by atoms with Crippen LogP contribution >= 0.6 is 0 Å². The van der Waals surface area contributed by atoms with Crippen LogP contribution in [0.5, 0.6) is 5.75 Å². The fourth-order valence-corrected chi connectivity index (χ4v) is 2.19. The number of halogens is 2. The van der Waals surface area contributed by atoms with Crippen LogP contribution < -0.4 is 4.74 Å². The molecule has 1 aromatic heterocycles. The lowest BCUT2D eigenvalue weighted by Gasteiger charge is -2.12. The number of nitrogens with zero attached hydrogens (tertiary/aromatic N) is 2. The molecule has 0 saturated heterocycles. The van der Waals surface area contributed by atoms with Crippen LogP contribution in [-0.2, 0) is 0 Å². The molecule has 1 heterocycles. The smallest absolute Gasteiger partial charge is 0.387 e. The molecule has 112 valence electrons. The highest BCUT2D eigenvalue weighted by molar-refractivity contribution is 5.88. The second kappa shape index (κ2) is 6.81. The molecule has 0 radical (unpaired) electrons. The summed E-state index contributed by atoms with van der Waals surface area (Å²) in [7, 11) is 0. The van der Waals surface area contributed by atoms with E-state index >= 15 is 0 Å². The first-order chi connectivity index (χ1) is 10.5. The van der Waals surface area contributed by atoms with E-state index in [4.69, 9.17) is 0 Å². The van der Waals surface area contributed by atoms with Gasteiger partial charge in [-0.05, 0) is 60.9 Å². The van der Waals surface area contributed by atoms with Crippen molar-refractivity contribution in [2.75, 3.05) is 0 Å². The molecule has 0 fully saturated rings. The number of pyridine rings is 1. The number of hydrogen-bond donors (Lipinski definition) is 0. The van der Waals surface area contributed by atoms with E-state index in [-0.39, 0.29) is 5.75 Å². The van der Waals surface area contributed by atoms with Crippen LogP contribution in [0.1, 0.15) is 22.4 Å². The minimum absolute atomic E-state index is 0.170. The van der Waals surface area contributed by atoms with E-state index in [1.54, 1.807) is 56.5 Å². The molecule has 0 aliphatic heterocycles. The number of aromatic nitrogens is 1. The van der Waals surface area contributed by atoms with E-state index < -0.39 is 6.61 Å². The number of alkyl halides is 2. The van der Waals surface area contributed by atoms with Gasteiger partial charge in [0.2, 0.25) is 0 Å². The van der Waals surface area contributed by atoms with Gasteiger partial charge < -0.3 is 4.74 Å². The predicted molar refractivity (Wildman–Crippen MR) is 80.3 cm³/mol. The van der Waals surface area contributed by atoms with Crippen molar-refractivity contribution >= 4 is 11.6 Å². The first-order valence-electron chi connectivity index (χ1n) is 6.60. The highest BCUT2D eigenvalue weighted by Gasteiger charge is 2.11. The second-order valence-electron chi connectivity index (χ2n) is 4.75. The SMILES string of the molecule is Cc1cc(/C=C(\C#N)c2ccccn2)cc(C)c1OC(F)F. The average molecular weight is 300 g/mol. The molecule has 0 amide bonds. The third kappa shape index (κ3) is 3.67. The van der Waals surface area contributed by atoms with E-state index in [0.717, 1.165) is 5.56 Å². The molecule has 2 aromatic rings. The summed E-state index contributed by atoms with van der Waals surface area (Å²) in [5, 5.41) is 9.27. The quantitative estimate of drug-likeness (QED) is 0.788. The Balaban J connectivity index is 2.41. The minimum atomic E-state index is -2.86. The number of ether oxygens (including phenoxy) is 1. The van der Waals surface area contributed by atoms with Crippen LogP contribution in [0.2, 0.25) is 0 Å². The fourth-order valence-electron chi connectivity index (χ4n) is 2.19. The Morgan fingerprint density at radius 3 is 2.45 bits per heavy atom. The maximum absolute atomic E-state index is 12.4. The highest BCUT2D eigenvalue weighted by atomic mass is 19.3. The molecule has 22 heavy (non-hydrogen) atoms. The third-order valence-electron chi connectivity index (χ3n) is 3.06. The summed E-state index contributed by atoms with van der Waals surface area (Å²) in [4.78, 5) is 4.13. The zero-order valence-corrected chi connectivity index (χ0v) is 12.2. The summed E-state index contributed by atoms with van der Waals surface area (Å²) in [6.45, 7) is 0.519. The zero-order valence-electron chi connectivity index (χ0n) is 12.2. The van der Waals surface area contributed by atoms with Gasteiger partial charge in [0.1, 0.15) is 11.8 Å². The Kier molecular flexibility index (Phi) is 4.84. The lowest BCUT2D eigenvalue weighted by Crippen LogP contribution is -2.05. The predicted octanol–water partition coefficient (Wildman–Crippen LogP) is 4.36. The zero-order chi connectivity index (χ0) is 16.1. The molecule has 0 atom stereocenters. The van der Waals surface area contributed by atoms with E-state index in [1.807, 2.05) is 0 Å². The van der Waals surface area contributed by atoms with Crippen molar-refractivity contribution in [3.05, 3.63) is 58.9 Å². The molecule has 0 saturated carbocycles. The van der Waals surface area contributed by atoms with Crippen LogP contribution in [-0.4, -0.2) is 11.6 Å². The van der Waals surface area contributed by atoms with Gasteiger partial charge in [-0.1, -0.05) is 6.07 Å². The Hall–Kier alpha value is -2.74. The molecule has 0 bridgehead atoms. The van der Waals surface area contributed by atoms with E-state index in [1.165, 1.54) is 0 Å². The van der Waals surface area contributed by atoms with Crippen LogP contribution in [0.3, 0.4) is 0 Å². The van der Waals surface area contributed by atoms with Gasteiger partial charge in [0, 0.05) is 6.20 Å². The number of nitriles is 1. The number of rotatable bonds is 4. The first kappa shape index (κ1) is 15.6. The molecule has 3 nitrogen and oxygen atoms in total. The topological polar surface area (TPSA) is 45.9 Å². The molecule has 0 unspecified atom stereocenters. The van der Waals surface area contributed by atoms with Gasteiger partial charge in [0.05, 0.1) is 11.3 Å². The van der Waals surface area contributed by atoms with Gasteiger partial charge in [0.15, 0.2) is 0 Å². The van der Waals surface area contributed by atoms with Crippen molar-refractivity contribution in [1.82, 2.24) is 4.98 Å². The largest absolute Gasteiger partial charge is 0.434 e. The molecule has 0 aliphatic carbocycles. The molecule has 0 aliphatic rings. The van der Waals surface area contributed by atoms with E-state index in [2.05, 4.69) is 15.8 Å². The number of benzene rings is 1. The normalized spacial score (nSPS) is 11.4. The monoisotopic (exact) mass is 300 g/mol. The summed E-state index contributed by atoms with van der Waals surface area (Å²) in [6, 6.07) is 10.8. The van der Waals surface area contributed by atoms with Gasteiger partial charge in [-0.25, -0.2) is 0 Å². The molecular weight excluding hydrogens is 286 g/mol. The van der Waals surface area contributed by atoms with Crippen molar-refractivity contribution in [1.29, 1.82) is 5.26 Å². The average Bonchev–Trinajstić information content (AvgIpc) is 2.49. The van der Waals surface area contributed by atoms with Gasteiger partial charge in [0.25, 0.3) is 0 Å². The van der Waals surface area contributed by atoms with Crippen LogP contribution in [0, 0.1) is 25.2 Å². The van der Waals surface area contributed by atoms with E-state index in [9.17, 15) is 14.0 Å². The number of aryl methyl sites for hydroxylation is 2. The standard InChI is InChI=1S/C17H14F2N2O/c1-11-7-13(8-12(2)16(11)22-17(18)19)9-14(10-20)15-5-3-4-6-21-15/h3-9,17H,1-2H3/b14-9+. The van der Waals surface area contributed by atoms with Crippen LogP contribution in [0.25, 0.3) is 11.6 Å². The Labute approximate surface area is 127 Å². The lowest BCUT2D eigenvalue weighted by atomic mass is 10.0. The Bertz CT molecular complexity index is 711. The summed E-state index contributed by atoms with van der Waals surface area (Å²) >= 11 is 0. The molecule has 0 spiro atoms. The molecular formula is C17H14F2N2O. The summed E-state index contributed by atoms with van der Waals surface area (Å²) in [5.74, 6) is 0.170.